The minimum Gasteiger partial charge on any atom is -0.496 e. The lowest BCUT2D eigenvalue weighted by Gasteiger charge is -2.30. The maximum absolute atomic E-state index is 11.9. The van der Waals surface area contributed by atoms with Crippen LogP contribution in [0.5, 0.6) is 11.5 Å². The van der Waals surface area contributed by atoms with Crippen LogP contribution in [0.4, 0.5) is 5.69 Å². The van der Waals surface area contributed by atoms with Crippen molar-refractivity contribution in [1.82, 2.24) is 0 Å². The van der Waals surface area contributed by atoms with Gasteiger partial charge in [0.1, 0.15) is 17.6 Å². The zero-order valence-corrected chi connectivity index (χ0v) is 20.2. The summed E-state index contributed by atoms with van der Waals surface area (Å²) in [7, 11) is -1.81. The van der Waals surface area contributed by atoms with Crippen molar-refractivity contribution in [2.75, 3.05) is 18.1 Å². The number of methoxy groups -OCH3 is 1. The summed E-state index contributed by atoms with van der Waals surface area (Å²) in [6, 6.07) is 27.0. The minimum absolute atomic E-state index is 0.442. The Morgan fingerprint density at radius 1 is 0.912 bits per heavy atom. The maximum Gasteiger partial charge on any atom is 0.229 e. The molecular weight excluding hydrogens is 470 g/mol. The second-order valence-corrected chi connectivity index (χ2v) is 10.3. The van der Waals surface area contributed by atoms with E-state index in [0.717, 1.165) is 39.6 Å². The smallest absolute Gasteiger partial charge is 0.229 e. The van der Waals surface area contributed by atoms with Crippen LogP contribution in [0.3, 0.4) is 0 Å². The highest BCUT2D eigenvalue weighted by Gasteiger charge is 2.30. The maximum atomic E-state index is 11.9. The van der Waals surface area contributed by atoms with E-state index < -0.39 is 16.1 Å². The zero-order valence-electron chi connectivity index (χ0n) is 18.6. The molecular formula is C27H22ClNO4S. The second-order valence-electron chi connectivity index (χ2n) is 8.14. The predicted octanol–water partition coefficient (Wildman–Crippen LogP) is 6.54. The van der Waals surface area contributed by atoms with E-state index in [4.69, 9.17) is 21.1 Å². The molecule has 4 aromatic carbocycles. The summed E-state index contributed by atoms with van der Waals surface area (Å²) < 4.78 is 38.4. The van der Waals surface area contributed by atoms with E-state index in [1.807, 2.05) is 72.8 Å². The first-order chi connectivity index (χ1) is 16.3. The summed E-state index contributed by atoms with van der Waals surface area (Å²) in [5.41, 5.74) is 6.10. The highest BCUT2D eigenvalue weighted by atomic mass is 35.5. The Hall–Kier alpha value is -3.48. The first-order valence-corrected chi connectivity index (χ1v) is 12.9. The van der Waals surface area contributed by atoms with Gasteiger partial charge in [0.05, 0.1) is 18.9 Å². The Morgan fingerprint density at radius 2 is 1.68 bits per heavy atom. The molecule has 1 aliphatic rings. The third kappa shape index (κ3) is 4.34. The molecule has 1 unspecified atom stereocenters. The van der Waals surface area contributed by atoms with Gasteiger partial charge in [-0.15, -0.1) is 0 Å². The fourth-order valence-electron chi connectivity index (χ4n) is 4.29. The van der Waals surface area contributed by atoms with Gasteiger partial charge in [0, 0.05) is 16.3 Å². The minimum atomic E-state index is -3.43. The number of nitrogens with one attached hydrogen (secondary N) is 1. The molecule has 5 rings (SSSR count). The largest absolute Gasteiger partial charge is 0.496 e. The summed E-state index contributed by atoms with van der Waals surface area (Å²) in [5.74, 6) is 1.40. The van der Waals surface area contributed by atoms with Gasteiger partial charge in [0.2, 0.25) is 10.0 Å². The molecule has 0 aromatic heterocycles. The molecule has 0 radical (unpaired) electrons. The van der Waals surface area contributed by atoms with Crippen LogP contribution < -0.4 is 14.2 Å². The van der Waals surface area contributed by atoms with Crippen molar-refractivity contribution in [1.29, 1.82) is 0 Å². The molecule has 1 N–H and O–H groups in total. The van der Waals surface area contributed by atoms with Crippen LogP contribution in [0, 0.1) is 0 Å². The first kappa shape index (κ1) is 22.3. The summed E-state index contributed by atoms with van der Waals surface area (Å²) in [5, 5.41) is 0.681. The molecule has 0 spiro atoms. The average molecular weight is 492 g/mol. The van der Waals surface area contributed by atoms with Crippen molar-refractivity contribution in [3.05, 3.63) is 101 Å². The Kier molecular flexibility index (Phi) is 5.71. The van der Waals surface area contributed by atoms with Crippen molar-refractivity contribution in [2.24, 2.45) is 0 Å². The molecule has 4 aromatic rings. The van der Waals surface area contributed by atoms with Gasteiger partial charge in [-0.25, -0.2) is 8.42 Å². The number of ether oxygens (including phenoxy) is 2. The lowest BCUT2D eigenvalue weighted by atomic mass is 9.88. The fraction of sp³-hybridized carbons (Fsp3) is 0.111. The van der Waals surface area contributed by atoms with E-state index in [0.29, 0.717) is 22.2 Å². The number of fused-ring (bicyclic) bond motifs is 3. The van der Waals surface area contributed by atoms with Gasteiger partial charge in [-0.3, -0.25) is 4.72 Å². The van der Waals surface area contributed by atoms with Gasteiger partial charge in [-0.05, 0) is 64.7 Å². The SMILES string of the molecule is COc1cccc2c1-c1ccc(NS(C)(=O)=O)cc1C(c1cccc(-c3ccc(Cl)cc3)c1)O2. The molecule has 0 fully saturated rings. The molecule has 5 nitrogen and oxygen atoms in total. The monoisotopic (exact) mass is 491 g/mol. The van der Waals surface area contributed by atoms with E-state index in [2.05, 4.69) is 10.8 Å². The molecule has 0 bridgehead atoms. The Labute approximate surface area is 204 Å². The van der Waals surface area contributed by atoms with Crippen molar-refractivity contribution in [2.45, 2.75) is 6.10 Å². The molecule has 0 amide bonds. The van der Waals surface area contributed by atoms with Gasteiger partial charge < -0.3 is 9.47 Å². The number of rotatable bonds is 5. The molecule has 1 atom stereocenters. The lowest BCUT2D eigenvalue weighted by Crippen LogP contribution is -2.17. The van der Waals surface area contributed by atoms with Crippen LogP contribution in [0.2, 0.25) is 5.02 Å². The van der Waals surface area contributed by atoms with Crippen LogP contribution in [0.1, 0.15) is 17.2 Å². The van der Waals surface area contributed by atoms with Crippen LogP contribution >= 0.6 is 11.6 Å². The van der Waals surface area contributed by atoms with Crippen LogP contribution in [-0.2, 0) is 10.0 Å². The Balaban J connectivity index is 1.66. The number of sulfonamides is 1. The van der Waals surface area contributed by atoms with E-state index in [-0.39, 0.29) is 0 Å². The molecule has 172 valence electrons. The number of halogens is 1. The van der Waals surface area contributed by atoms with E-state index in [1.165, 1.54) is 0 Å². The molecule has 0 saturated carbocycles. The summed E-state index contributed by atoms with van der Waals surface area (Å²) in [6.07, 6.45) is 0.692. The highest BCUT2D eigenvalue weighted by Crippen LogP contribution is 2.49. The molecule has 0 saturated heterocycles. The summed E-state index contributed by atoms with van der Waals surface area (Å²) >= 11 is 6.06. The van der Waals surface area contributed by atoms with Gasteiger partial charge >= 0.3 is 0 Å². The van der Waals surface area contributed by atoms with Crippen LogP contribution in [0.25, 0.3) is 22.3 Å². The normalized spacial score (nSPS) is 14.5. The van der Waals surface area contributed by atoms with Crippen LogP contribution in [-0.4, -0.2) is 21.8 Å². The van der Waals surface area contributed by atoms with E-state index in [1.54, 1.807) is 13.2 Å². The number of hydrogen-bond donors (Lipinski definition) is 1. The Bertz CT molecular complexity index is 1480. The Morgan fingerprint density at radius 3 is 2.41 bits per heavy atom. The van der Waals surface area contributed by atoms with Gasteiger partial charge in [-0.1, -0.05) is 54.1 Å². The zero-order chi connectivity index (χ0) is 23.9. The molecule has 1 heterocycles. The second kappa shape index (κ2) is 8.70. The molecule has 7 heteroatoms. The number of anilines is 1. The summed E-state index contributed by atoms with van der Waals surface area (Å²) in [4.78, 5) is 0. The lowest BCUT2D eigenvalue weighted by molar-refractivity contribution is 0.242. The van der Waals surface area contributed by atoms with Crippen LogP contribution in [0.15, 0.2) is 84.9 Å². The van der Waals surface area contributed by atoms with Crippen molar-refractivity contribution >= 4 is 27.3 Å². The topological polar surface area (TPSA) is 64.6 Å². The molecule has 34 heavy (non-hydrogen) atoms. The molecule has 0 aliphatic carbocycles. The standard InChI is InChI=1S/C27H22ClNO4S/c1-32-24-7-4-8-25-26(24)22-14-13-21(29-34(2,30)31)16-23(22)27(33-25)19-6-3-5-18(15-19)17-9-11-20(28)12-10-17/h3-16,27,29H,1-2H3. The highest BCUT2D eigenvalue weighted by molar-refractivity contribution is 7.92. The number of benzene rings is 4. The quantitative estimate of drug-likeness (QED) is 0.344. The van der Waals surface area contributed by atoms with E-state index >= 15 is 0 Å². The van der Waals surface area contributed by atoms with Crippen molar-refractivity contribution in [3.63, 3.8) is 0 Å². The number of hydrogen-bond acceptors (Lipinski definition) is 4. The first-order valence-electron chi connectivity index (χ1n) is 10.6. The summed E-state index contributed by atoms with van der Waals surface area (Å²) in [6.45, 7) is 0. The van der Waals surface area contributed by atoms with Crippen molar-refractivity contribution < 1.29 is 17.9 Å². The van der Waals surface area contributed by atoms with Gasteiger partial charge in [0.15, 0.2) is 0 Å². The van der Waals surface area contributed by atoms with E-state index in [9.17, 15) is 8.42 Å². The van der Waals surface area contributed by atoms with Crippen molar-refractivity contribution in [3.8, 4) is 33.8 Å². The fourth-order valence-corrected chi connectivity index (χ4v) is 4.97. The van der Waals surface area contributed by atoms with Gasteiger partial charge in [0.25, 0.3) is 0 Å². The third-order valence-electron chi connectivity index (χ3n) is 5.73. The van der Waals surface area contributed by atoms with Gasteiger partial charge in [-0.2, -0.15) is 0 Å². The average Bonchev–Trinajstić information content (AvgIpc) is 2.82. The third-order valence-corrected chi connectivity index (χ3v) is 6.58. The predicted molar refractivity (Wildman–Crippen MR) is 136 cm³/mol. The molecule has 1 aliphatic heterocycles.